The van der Waals surface area contributed by atoms with Crippen LogP contribution in [-0.2, 0) is 13.0 Å². The number of rotatable bonds is 5. The van der Waals surface area contributed by atoms with E-state index in [0.29, 0.717) is 13.0 Å². The van der Waals surface area contributed by atoms with Crippen molar-refractivity contribution in [1.29, 1.82) is 0 Å². The van der Waals surface area contributed by atoms with E-state index in [1.54, 1.807) is 12.1 Å². The summed E-state index contributed by atoms with van der Waals surface area (Å²) in [6.07, 6.45) is 3.37. The van der Waals surface area contributed by atoms with Crippen molar-refractivity contribution in [2.24, 2.45) is 0 Å². The molecule has 0 saturated heterocycles. The fraction of sp³-hybridized carbons (Fsp3) is 0.273. The van der Waals surface area contributed by atoms with Gasteiger partial charge >= 0.3 is 0 Å². The normalized spacial score (nSPS) is 14.5. The lowest BCUT2D eigenvalue weighted by Crippen LogP contribution is -2.12. The minimum absolute atomic E-state index is 0.115. The number of aliphatic hydroxyl groups excluding tert-OH is 1. The lowest BCUT2D eigenvalue weighted by Gasteiger charge is -2.14. The molecule has 0 unspecified atom stereocenters. The maximum atomic E-state index is 14.0. The molecule has 26 heavy (non-hydrogen) atoms. The topological polar surface area (TPSA) is 32.7 Å². The number of ether oxygens (including phenoxy) is 1. The molecule has 0 fully saturated rings. The van der Waals surface area contributed by atoms with Gasteiger partial charge in [-0.15, -0.1) is 0 Å². The molecule has 4 heteroatoms. The van der Waals surface area contributed by atoms with Gasteiger partial charge in [-0.3, -0.25) is 0 Å². The van der Waals surface area contributed by atoms with Crippen molar-refractivity contribution < 1.29 is 14.2 Å². The smallest absolute Gasteiger partial charge is 0.127 e. The summed E-state index contributed by atoms with van der Waals surface area (Å²) in [5.74, 6) is 0.625. The van der Waals surface area contributed by atoms with Crippen molar-refractivity contribution in [1.82, 2.24) is 4.90 Å². The zero-order valence-electron chi connectivity index (χ0n) is 15.3. The number of benzene rings is 2. The van der Waals surface area contributed by atoms with Crippen molar-refractivity contribution in [3.05, 3.63) is 82.9 Å². The molecule has 3 nitrogen and oxygen atoms in total. The number of fused-ring (bicyclic) bond motifs is 2. The Hall–Kier alpha value is -2.59. The average Bonchev–Trinajstić information content (AvgIpc) is 2.71. The van der Waals surface area contributed by atoms with E-state index >= 15 is 0 Å². The van der Waals surface area contributed by atoms with Gasteiger partial charge in [-0.25, -0.2) is 4.39 Å². The van der Waals surface area contributed by atoms with Crippen LogP contribution in [0.25, 0.3) is 5.57 Å². The molecule has 3 rings (SSSR count). The average molecular weight is 353 g/mol. The maximum absolute atomic E-state index is 14.0. The van der Waals surface area contributed by atoms with Crippen molar-refractivity contribution in [3.63, 3.8) is 0 Å². The molecule has 0 spiro atoms. The number of hydrogen-bond acceptors (Lipinski definition) is 3. The second-order valence-electron chi connectivity index (χ2n) is 6.87. The standard InChI is InChI=1S/C22H24FNO2/c1-15(25)11-16-6-9-22-21(12-16)19(5-4-10-24(2)3)20-13-18(23)8-7-17(20)14-26-22/h5-9,12-13,25H,1,4,10-11,14H2,2-3H3/b19-5-. The number of allylic oxidation sites excluding steroid dienone is 1. The Morgan fingerprint density at radius 2 is 2.04 bits per heavy atom. The molecular weight excluding hydrogens is 329 g/mol. The third-order valence-electron chi connectivity index (χ3n) is 4.41. The Labute approximate surface area is 154 Å². The summed E-state index contributed by atoms with van der Waals surface area (Å²) in [5, 5.41) is 9.53. The molecule has 1 N–H and O–H groups in total. The van der Waals surface area contributed by atoms with Crippen LogP contribution in [0, 0.1) is 5.82 Å². The fourth-order valence-corrected chi connectivity index (χ4v) is 3.17. The van der Waals surface area contributed by atoms with Crippen LogP contribution in [0.3, 0.4) is 0 Å². The van der Waals surface area contributed by atoms with Crippen molar-refractivity contribution in [2.45, 2.75) is 19.4 Å². The van der Waals surface area contributed by atoms with Crippen molar-refractivity contribution >= 4 is 5.57 Å². The van der Waals surface area contributed by atoms with Crippen LogP contribution in [-0.4, -0.2) is 30.6 Å². The van der Waals surface area contributed by atoms with E-state index in [1.807, 2.05) is 32.3 Å². The van der Waals surface area contributed by atoms with Crippen molar-refractivity contribution in [2.75, 3.05) is 20.6 Å². The summed E-state index contributed by atoms with van der Waals surface area (Å²) in [6.45, 7) is 4.87. The predicted octanol–water partition coefficient (Wildman–Crippen LogP) is 4.72. The van der Waals surface area contributed by atoms with Crippen LogP contribution < -0.4 is 4.74 Å². The molecule has 1 heterocycles. The highest BCUT2D eigenvalue weighted by molar-refractivity contribution is 5.85. The zero-order chi connectivity index (χ0) is 18.7. The van der Waals surface area contributed by atoms with Gasteiger partial charge in [0, 0.05) is 18.5 Å². The monoisotopic (exact) mass is 353 g/mol. The molecule has 136 valence electrons. The van der Waals surface area contributed by atoms with Crippen LogP contribution in [0.1, 0.15) is 28.7 Å². The Morgan fingerprint density at radius 1 is 1.23 bits per heavy atom. The minimum atomic E-state index is -0.259. The van der Waals surface area contributed by atoms with Crippen LogP contribution in [0.15, 0.2) is 54.8 Å². The Kier molecular flexibility index (Phi) is 5.43. The largest absolute Gasteiger partial charge is 0.513 e. The molecular formula is C22H24FNO2. The van der Waals surface area contributed by atoms with Gasteiger partial charge in [0.15, 0.2) is 0 Å². The Bertz CT molecular complexity index is 855. The molecule has 2 aromatic rings. The van der Waals surface area contributed by atoms with E-state index in [4.69, 9.17) is 4.74 Å². The number of hydrogen-bond donors (Lipinski definition) is 1. The quantitative estimate of drug-likeness (QED) is 0.790. The highest BCUT2D eigenvalue weighted by atomic mass is 19.1. The number of nitrogens with zero attached hydrogens (tertiary/aromatic N) is 1. The van der Waals surface area contributed by atoms with Gasteiger partial charge in [0.05, 0.1) is 5.76 Å². The third kappa shape index (κ3) is 4.14. The number of aliphatic hydroxyl groups is 1. The molecule has 0 atom stereocenters. The van der Waals surface area contributed by atoms with Gasteiger partial charge in [0.1, 0.15) is 18.2 Å². The first kappa shape index (κ1) is 18.2. The summed E-state index contributed by atoms with van der Waals surface area (Å²) in [5.41, 5.74) is 4.67. The highest BCUT2D eigenvalue weighted by Gasteiger charge is 2.20. The highest BCUT2D eigenvalue weighted by Crippen LogP contribution is 2.38. The third-order valence-corrected chi connectivity index (χ3v) is 4.41. The van der Waals surface area contributed by atoms with Crippen molar-refractivity contribution in [3.8, 4) is 5.75 Å². The van der Waals surface area contributed by atoms with E-state index in [-0.39, 0.29) is 11.6 Å². The van der Waals surface area contributed by atoms with Gasteiger partial charge in [-0.05, 0) is 67.0 Å². The first-order valence-electron chi connectivity index (χ1n) is 8.70. The first-order chi connectivity index (χ1) is 12.4. The molecule has 0 saturated carbocycles. The van der Waals surface area contributed by atoms with Crippen LogP contribution >= 0.6 is 0 Å². The van der Waals surface area contributed by atoms with Crippen LogP contribution in [0.5, 0.6) is 5.75 Å². The molecule has 0 aliphatic carbocycles. The predicted molar refractivity (Wildman–Crippen MR) is 103 cm³/mol. The van der Waals surface area contributed by atoms with Gasteiger partial charge < -0.3 is 14.7 Å². The molecule has 0 aromatic heterocycles. The van der Waals surface area contributed by atoms with E-state index in [9.17, 15) is 9.50 Å². The Morgan fingerprint density at radius 3 is 2.77 bits per heavy atom. The van der Waals surface area contributed by atoms with Crippen LogP contribution in [0.4, 0.5) is 4.39 Å². The van der Waals surface area contributed by atoms with E-state index in [2.05, 4.69) is 17.6 Å². The molecule has 1 aliphatic rings. The lowest BCUT2D eigenvalue weighted by atomic mass is 9.92. The second-order valence-corrected chi connectivity index (χ2v) is 6.87. The molecule has 0 bridgehead atoms. The number of halogens is 1. The van der Waals surface area contributed by atoms with E-state index in [0.717, 1.165) is 46.5 Å². The van der Waals surface area contributed by atoms with Gasteiger partial charge in [0.2, 0.25) is 0 Å². The van der Waals surface area contributed by atoms with Crippen LogP contribution in [0.2, 0.25) is 0 Å². The minimum Gasteiger partial charge on any atom is -0.513 e. The zero-order valence-corrected chi connectivity index (χ0v) is 15.3. The summed E-state index contributed by atoms with van der Waals surface area (Å²) in [7, 11) is 4.06. The fourth-order valence-electron chi connectivity index (χ4n) is 3.17. The molecule has 0 radical (unpaired) electrons. The first-order valence-corrected chi connectivity index (χ1v) is 8.70. The maximum Gasteiger partial charge on any atom is 0.127 e. The molecule has 1 aliphatic heterocycles. The summed E-state index contributed by atoms with van der Waals surface area (Å²) in [6, 6.07) is 10.7. The van der Waals surface area contributed by atoms with E-state index < -0.39 is 0 Å². The summed E-state index contributed by atoms with van der Waals surface area (Å²) < 4.78 is 19.9. The van der Waals surface area contributed by atoms with Gasteiger partial charge in [-0.1, -0.05) is 24.8 Å². The summed E-state index contributed by atoms with van der Waals surface area (Å²) in [4.78, 5) is 2.11. The molecule has 0 amide bonds. The SMILES string of the molecule is C=C(O)Cc1ccc2c(c1)/C(=C\CCN(C)C)c1cc(F)ccc1CO2. The Balaban J connectivity index is 2.11. The molecule has 2 aromatic carbocycles. The lowest BCUT2D eigenvalue weighted by molar-refractivity contribution is 0.307. The second kappa shape index (κ2) is 7.75. The van der Waals surface area contributed by atoms with Gasteiger partial charge in [0.25, 0.3) is 0 Å². The van der Waals surface area contributed by atoms with Gasteiger partial charge in [-0.2, -0.15) is 0 Å². The van der Waals surface area contributed by atoms with E-state index in [1.165, 1.54) is 6.07 Å². The summed E-state index contributed by atoms with van der Waals surface area (Å²) >= 11 is 0.